The highest BCUT2D eigenvalue weighted by Crippen LogP contribution is 2.31. The van der Waals surface area contributed by atoms with E-state index in [0.717, 1.165) is 12.1 Å². The van der Waals surface area contributed by atoms with Crippen LogP contribution in [0.2, 0.25) is 0 Å². The molecule has 0 bridgehead atoms. The first-order valence-electron chi connectivity index (χ1n) is 7.63. The highest BCUT2D eigenvalue weighted by Gasteiger charge is 2.30. The molecule has 0 aromatic heterocycles. The van der Waals surface area contributed by atoms with Gasteiger partial charge in [-0.2, -0.15) is 0 Å². The molecule has 3 atom stereocenters. The maximum absolute atomic E-state index is 12.0. The minimum atomic E-state index is -0.115. The Labute approximate surface area is 131 Å². The Morgan fingerprint density at radius 2 is 2.27 bits per heavy atom. The normalized spacial score (nSPS) is 20.2. The fourth-order valence-electron chi connectivity index (χ4n) is 2.95. The van der Waals surface area contributed by atoms with Gasteiger partial charge < -0.3 is 14.7 Å². The number of aliphatic hydroxyl groups is 1. The van der Waals surface area contributed by atoms with E-state index in [1.165, 1.54) is 5.56 Å². The number of rotatable bonds is 6. The van der Waals surface area contributed by atoms with Gasteiger partial charge in [0.05, 0.1) is 18.2 Å². The molecule has 1 aromatic rings. The minimum Gasteiger partial charge on any atom is -0.396 e. The lowest BCUT2D eigenvalue weighted by Gasteiger charge is -2.23. The van der Waals surface area contributed by atoms with Crippen LogP contribution in [-0.2, 0) is 16.0 Å². The molecule has 1 heterocycles. The number of hydrogen-bond donors (Lipinski definition) is 1. The summed E-state index contributed by atoms with van der Waals surface area (Å²) in [5, 5.41) is 9.04. The predicted octanol–water partition coefficient (Wildman–Crippen LogP) is 1.82. The zero-order valence-electron chi connectivity index (χ0n) is 13.4. The molecule has 0 saturated carbocycles. The van der Waals surface area contributed by atoms with Crippen molar-refractivity contribution in [1.82, 2.24) is 0 Å². The van der Waals surface area contributed by atoms with E-state index < -0.39 is 0 Å². The zero-order chi connectivity index (χ0) is 16.1. The summed E-state index contributed by atoms with van der Waals surface area (Å²) in [4.78, 5) is 18.3. The number of carbonyl (C=O) groups excluding carboxylic acids is 1. The summed E-state index contributed by atoms with van der Waals surface area (Å²) in [7, 11) is 1.62. The topological polar surface area (TPSA) is 62.1 Å². The van der Waals surface area contributed by atoms with Crippen LogP contribution in [0, 0.1) is 0 Å². The van der Waals surface area contributed by atoms with Crippen molar-refractivity contribution >= 4 is 17.8 Å². The number of fused-ring (bicyclic) bond motifs is 1. The number of methoxy groups -OCH3 is 1. The summed E-state index contributed by atoms with van der Waals surface area (Å²) in [6.07, 6.45) is 3.06. The van der Waals surface area contributed by atoms with Gasteiger partial charge in [0.15, 0.2) is 0 Å². The third-order valence-electron chi connectivity index (χ3n) is 4.10. The minimum absolute atomic E-state index is 0.0210. The van der Waals surface area contributed by atoms with Gasteiger partial charge in [0.25, 0.3) is 0 Å². The number of anilines is 1. The fraction of sp³-hybridized carbons (Fsp3) is 0.529. The summed E-state index contributed by atoms with van der Waals surface area (Å²) in [6, 6.07) is 7.84. The lowest BCUT2D eigenvalue weighted by atomic mass is 10.1. The van der Waals surface area contributed by atoms with Gasteiger partial charge >= 0.3 is 0 Å². The van der Waals surface area contributed by atoms with Crippen molar-refractivity contribution in [2.24, 2.45) is 4.99 Å². The molecule has 22 heavy (non-hydrogen) atoms. The number of benzene rings is 1. The molecule has 0 radical (unpaired) electrons. The number of para-hydroxylation sites is 1. The maximum Gasteiger partial charge on any atom is 0.224 e. The molecule has 1 unspecified atom stereocenters. The Morgan fingerprint density at radius 1 is 1.55 bits per heavy atom. The number of amides is 1. The second-order valence-corrected chi connectivity index (χ2v) is 5.61. The van der Waals surface area contributed by atoms with Crippen LogP contribution >= 0.6 is 0 Å². The molecular formula is C17H24N2O3. The molecule has 120 valence electrons. The number of nitrogens with zero attached hydrogens (tertiary/aromatic N) is 2. The quantitative estimate of drug-likeness (QED) is 0.816. The number of aliphatic hydroxyl groups excluding tert-OH is 1. The number of hydrogen-bond acceptors (Lipinski definition) is 4. The maximum atomic E-state index is 12.0. The van der Waals surface area contributed by atoms with Crippen molar-refractivity contribution in [2.45, 2.75) is 44.9 Å². The van der Waals surface area contributed by atoms with E-state index in [2.05, 4.69) is 4.99 Å². The van der Waals surface area contributed by atoms with Gasteiger partial charge in [-0.15, -0.1) is 0 Å². The van der Waals surface area contributed by atoms with Crippen molar-refractivity contribution in [3.63, 3.8) is 0 Å². The van der Waals surface area contributed by atoms with Crippen molar-refractivity contribution in [3.05, 3.63) is 29.8 Å². The van der Waals surface area contributed by atoms with E-state index in [4.69, 9.17) is 9.84 Å². The zero-order valence-corrected chi connectivity index (χ0v) is 13.4. The summed E-state index contributed by atoms with van der Waals surface area (Å²) in [6.45, 7) is 3.61. The van der Waals surface area contributed by atoms with E-state index >= 15 is 0 Å². The fourth-order valence-corrected chi connectivity index (χ4v) is 2.95. The lowest BCUT2D eigenvalue weighted by Crippen LogP contribution is -2.37. The van der Waals surface area contributed by atoms with Gasteiger partial charge in [-0.3, -0.25) is 9.79 Å². The molecule has 1 amide bonds. The van der Waals surface area contributed by atoms with Gasteiger partial charge in [-0.05, 0) is 25.0 Å². The molecule has 0 spiro atoms. The van der Waals surface area contributed by atoms with Crippen LogP contribution in [0.25, 0.3) is 0 Å². The molecule has 1 aliphatic heterocycles. The average molecular weight is 304 g/mol. The van der Waals surface area contributed by atoms with Crippen LogP contribution in [0.5, 0.6) is 0 Å². The molecule has 0 fully saturated rings. The Kier molecular flexibility index (Phi) is 5.69. The molecular weight excluding hydrogens is 280 g/mol. The summed E-state index contributed by atoms with van der Waals surface area (Å²) < 4.78 is 5.35. The van der Waals surface area contributed by atoms with E-state index in [9.17, 15) is 4.79 Å². The van der Waals surface area contributed by atoms with Gasteiger partial charge in [-0.1, -0.05) is 18.2 Å². The highest BCUT2D eigenvalue weighted by atomic mass is 16.5. The second kappa shape index (κ2) is 7.51. The van der Waals surface area contributed by atoms with Crippen molar-refractivity contribution in [3.8, 4) is 0 Å². The molecule has 5 heteroatoms. The van der Waals surface area contributed by atoms with Crippen LogP contribution in [0.1, 0.15) is 25.8 Å². The van der Waals surface area contributed by atoms with Crippen molar-refractivity contribution in [1.29, 1.82) is 0 Å². The average Bonchev–Trinajstić information content (AvgIpc) is 2.88. The first-order chi connectivity index (χ1) is 10.6. The Balaban J connectivity index is 2.12. The second-order valence-electron chi connectivity index (χ2n) is 5.61. The van der Waals surface area contributed by atoms with E-state index in [1.54, 1.807) is 18.9 Å². The third-order valence-corrected chi connectivity index (χ3v) is 4.10. The first kappa shape index (κ1) is 16.6. The molecule has 1 aromatic carbocycles. The molecule has 2 rings (SSSR count). The molecule has 0 saturated heterocycles. The molecule has 5 nitrogen and oxygen atoms in total. The van der Waals surface area contributed by atoms with Crippen LogP contribution < -0.4 is 4.90 Å². The van der Waals surface area contributed by atoms with Crippen LogP contribution in [0.4, 0.5) is 5.69 Å². The standard InChI is InChI=1S/C17H24N2O3/c1-12(17(22-3)8-9-20)18-11-15-10-14-6-4-5-7-16(14)19(15)13(2)21/h4-7,11-12,15,17,20H,8-10H2,1-3H3/b18-11-/t12?,15-,17+/m0/s1. The summed E-state index contributed by atoms with van der Waals surface area (Å²) >= 11 is 0. The van der Waals surface area contributed by atoms with Gasteiger partial charge in [-0.25, -0.2) is 0 Å². The number of aliphatic imine (C=N–C) groups is 1. The molecule has 0 aliphatic carbocycles. The molecule has 1 N–H and O–H groups in total. The van der Waals surface area contributed by atoms with Crippen molar-refractivity contribution in [2.75, 3.05) is 18.6 Å². The van der Waals surface area contributed by atoms with Crippen LogP contribution in [0.3, 0.4) is 0 Å². The predicted molar refractivity (Wildman–Crippen MR) is 87.5 cm³/mol. The third kappa shape index (κ3) is 3.54. The molecule has 1 aliphatic rings. The van der Waals surface area contributed by atoms with E-state index in [1.807, 2.05) is 37.4 Å². The summed E-state index contributed by atoms with van der Waals surface area (Å²) in [5.41, 5.74) is 2.14. The highest BCUT2D eigenvalue weighted by molar-refractivity contribution is 5.99. The Bertz CT molecular complexity index is 544. The Hall–Kier alpha value is -1.72. The Morgan fingerprint density at radius 3 is 2.91 bits per heavy atom. The lowest BCUT2D eigenvalue weighted by molar-refractivity contribution is -0.116. The number of ether oxygens (including phenoxy) is 1. The van der Waals surface area contributed by atoms with E-state index in [-0.39, 0.29) is 30.7 Å². The van der Waals surface area contributed by atoms with Crippen LogP contribution in [-0.4, -0.2) is 49.1 Å². The first-order valence-corrected chi connectivity index (χ1v) is 7.63. The largest absolute Gasteiger partial charge is 0.396 e. The van der Waals surface area contributed by atoms with Crippen LogP contribution in [0.15, 0.2) is 29.3 Å². The summed E-state index contributed by atoms with van der Waals surface area (Å²) in [5.74, 6) is 0.0210. The SMILES string of the molecule is CO[C@H](CCO)C(C)/N=C\[C@@H]1Cc2ccccc2N1C(C)=O. The van der Waals surface area contributed by atoms with Gasteiger partial charge in [0.2, 0.25) is 5.91 Å². The monoisotopic (exact) mass is 304 g/mol. The van der Waals surface area contributed by atoms with Gasteiger partial charge in [0.1, 0.15) is 0 Å². The smallest absolute Gasteiger partial charge is 0.224 e. The van der Waals surface area contributed by atoms with E-state index in [0.29, 0.717) is 6.42 Å². The number of carbonyl (C=O) groups is 1. The van der Waals surface area contributed by atoms with Crippen molar-refractivity contribution < 1.29 is 14.6 Å². The van der Waals surface area contributed by atoms with Gasteiger partial charge in [0, 0.05) is 39.0 Å².